The molecule has 0 N–H and O–H groups in total. The Kier molecular flexibility index (Phi) is 6.47. The predicted molar refractivity (Wildman–Crippen MR) is 125 cm³/mol. The van der Waals surface area contributed by atoms with Crippen molar-refractivity contribution in [2.24, 2.45) is 0 Å². The van der Waals surface area contributed by atoms with Crippen LogP contribution in [-0.2, 0) is 0 Å². The van der Waals surface area contributed by atoms with Gasteiger partial charge >= 0.3 is 0 Å². The Morgan fingerprint density at radius 3 is 2.48 bits per heavy atom. The lowest BCUT2D eigenvalue weighted by molar-refractivity contribution is 0.204. The molecule has 4 heteroatoms. The topological polar surface area (TPSA) is 24.9 Å². The first-order chi connectivity index (χ1) is 15.3. The molecular weight excluding hydrogens is 384 g/mol. The van der Waals surface area contributed by atoms with Crippen LogP contribution in [0, 0.1) is 0 Å². The van der Waals surface area contributed by atoms with Crippen molar-refractivity contribution in [1.29, 1.82) is 0 Å². The van der Waals surface area contributed by atoms with Gasteiger partial charge in [-0.2, -0.15) is 0 Å². The molecule has 0 unspecified atom stereocenters. The third kappa shape index (κ3) is 4.61. The predicted octanol–water partition coefficient (Wildman–Crippen LogP) is 5.23. The van der Waals surface area contributed by atoms with E-state index in [2.05, 4.69) is 52.3 Å². The summed E-state index contributed by atoms with van der Waals surface area (Å²) in [6, 6.07) is 16.1. The molecule has 4 nitrogen and oxygen atoms in total. The highest BCUT2D eigenvalue weighted by molar-refractivity contribution is 5.47. The van der Waals surface area contributed by atoms with Crippen LogP contribution in [0.4, 0.5) is 0 Å². The Morgan fingerprint density at radius 2 is 1.68 bits per heavy atom. The molecule has 2 saturated heterocycles. The summed E-state index contributed by atoms with van der Waals surface area (Å²) in [6.45, 7) is 6.83. The summed E-state index contributed by atoms with van der Waals surface area (Å²) in [5.74, 6) is 2.38. The summed E-state index contributed by atoms with van der Waals surface area (Å²) >= 11 is 0. The third-order valence-electron chi connectivity index (χ3n) is 7.43. The van der Waals surface area contributed by atoms with Crippen LogP contribution in [0.2, 0.25) is 0 Å². The van der Waals surface area contributed by atoms with Crippen LogP contribution >= 0.6 is 0 Å². The number of likely N-dealkylation sites (tertiary alicyclic amines) is 1. The molecular formula is C27H36N2O2. The molecule has 3 heterocycles. The fraction of sp³-hybridized carbons (Fsp3) is 0.556. The Balaban J connectivity index is 1.29. The molecule has 0 aromatic heterocycles. The molecule has 2 aromatic carbocycles. The van der Waals surface area contributed by atoms with Crippen molar-refractivity contribution in [2.45, 2.75) is 50.5 Å². The lowest BCUT2D eigenvalue weighted by Crippen LogP contribution is -2.34. The smallest absolute Gasteiger partial charge is 0.119 e. The van der Waals surface area contributed by atoms with Gasteiger partial charge in [0.05, 0.1) is 13.7 Å². The molecule has 166 valence electrons. The fourth-order valence-electron chi connectivity index (χ4n) is 5.76. The number of rotatable bonds is 7. The zero-order valence-electron chi connectivity index (χ0n) is 18.9. The van der Waals surface area contributed by atoms with E-state index in [4.69, 9.17) is 9.47 Å². The van der Waals surface area contributed by atoms with E-state index in [1.165, 1.54) is 75.0 Å². The van der Waals surface area contributed by atoms with Crippen molar-refractivity contribution >= 4 is 0 Å². The van der Waals surface area contributed by atoms with Gasteiger partial charge in [0.2, 0.25) is 0 Å². The summed E-state index contributed by atoms with van der Waals surface area (Å²) < 4.78 is 11.6. The lowest BCUT2D eigenvalue weighted by Gasteiger charge is -2.37. The lowest BCUT2D eigenvalue weighted by atomic mass is 9.81. The standard InChI is InChI=1S/C27H36N2O2/c1-30-22-10-8-21(9-11-22)26-20-29-17-5-7-27(29)25-19-23(12-13-24(25)26)31-18-6-16-28-14-3-2-4-15-28/h8-13,19,26-27H,2-7,14-18,20H2,1H3/t26-,27+/m0/s1. The van der Waals surface area contributed by atoms with E-state index in [9.17, 15) is 0 Å². The largest absolute Gasteiger partial charge is 0.497 e. The molecule has 0 spiro atoms. The van der Waals surface area contributed by atoms with Gasteiger partial charge in [-0.3, -0.25) is 4.90 Å². The number of nitrogens with zero attached hydrogens (tertiary/aromatic N) is 2. The first-order valence-electron chi connectivity index (χ1n) is 12.2. The van der Waals surface area contributed by atoms with Gasteiger partial charge in [-0.15, -0.1) is 0 Å². The minimum atomic E-state index is 0.420. The molecule has 2 aromatic rings. The van der Waals surface area contributed by atoms with Crippen molar-refractivity contribution in [2.75, 3.05) is 46.4 Å². The van der Waals surface area contributed by atoms with Gasteiger partial charge in [-0.05, 0) is 92.7 Å². The zero-order valence-corrected chi connectivity index (χ0v) is 18.9. The molecule has 3 aliphatic rings. The second kappa shape index (κ2) is 9.62. The molecule has 31 heavy (non-hydrogen) atoms. The van der Waals surface area contributed by atoms with Crippen molar-refractivity contribution in [3.63, 3.8) is 0 Å². The van der Waals surface area contributed by atoms with Crippen molar-refractivity contribution in [1.82, 2.24) is 9.80 Å². The summed E-state index contributed by atoms with van der Waals surface area (Å²) in [4.78, 5) is 5.27. The van der Waals surface area contributed by atoms with Gasteiger partial charge in [-0.1, -0.05) is 24.6 Å². The zero-order chi connectivity index (χ0) is 21.0. The van der Waals surface area contributed by atoms with Crippen LogP contribution in [-0.4, -0.2) is 56.2 Å². The number of methoxy groups -OCH3 is 1. The highest BCUT2D eigenvalue weighted by Crippen LogP contribution is 2.45. The Bertz CT molecular complexity index is 860. The molecule has 0 aliphatic carbocycles. The van der Waals surface area contributed by atoms with Crippen LogP contribution in [0.15, 0.2) is 42.5 Å². The second-order valence-electron chi connectivity index (χ2n) is 9.37. The Hall–Kier alpha value is -2.04. The molecule has 0 amide bonds. The van der Waals surface area contributed by atoms with Crippen molar-refractivity contribution in [3.8, 4) is 11.5 Å². The van der Waals surface area contributed by atoms with E-state index in [0.29, 0.717) is 12.0 Å². The summed E-state index contributed by atoms with van der Waals surface area (Å²) in [6.07, 6.45) is 7.79. The van der Waals surface area contributed by atoms with Crippen molar-refractivity contribution < 1.29 is 9.47 Å². The van der Waals surface area contributed by atoms with E-state index in [1.54, 1.807) is 7.11 Å². The molecule has 2 fully saturated rings. The minimum Gasteiger partial charge on any atom is -0.497 e. The number of ether oxygens (including phenoxy) is 2. The fourth-order valence-corrected chi connectivity index (χ4v) is 5.76. The Morgan fingerprint density at radius 1 is 0.871 bits per heavy atom. The van der Waals surface area contributed by atoms with Gasteiger partial charge in [0, 0.05) is 25.0 Å². The summed E-state index contributed by atoms with van der Waals surface area (Å²) in [5, 5.41) is 0. The maximum absolute atomic E-state index is 6.22. The van der Waals surface area contributed by atoms with E-state index in [1.807, 2.05) is 0 Å². The van der Waals surface area contributed by atoms with Crippen LogP contribution < -0.4 is 9.47 Å². The highest BCUT2D eigenvalue weighted by Gasteiger charge is 2.36. The van der Waals surface area contributed by atoms with E-state index < -0.39 is 0 Å². The first kappa shape index (κ1) is 20.8. The maximum atomic E-state index is 6.22. The van der Waals surface area contributed by atoms with E-state index in [-0.39, 0.29) is 0 Å². The van der Waals surface area contributed by atoms with E-state index in [0.717, 1.165) is 31.1 Å². The van der Waals surface area contributed by atoms with Gasteiger partial charge in [0.1, 0.15) is 11.5 Å². The SMILES string of the molecule is COc1ccc([C@@H]2CN3CCC[C@@H]3c3cc(OCCCN4CCCCC4)ccc32)cc1. The Labute approximate surface area is 187 Å². The number of piperidine rings is 1. The van der Waals surface area contributed by atoms with Gasteiger partial charge in [-0.25, -0.2) is 0 Å². The van der Waals surface area contributed by atoms with Crippen LogP contribution in [0.3, 0.4) is 0 Å². The summed E-state index contributed by atoms with van der Waals surface area (Å²) in [5.41, 5.74) is 4.34. The average Bonchev–Trinajstić information content (AvgIpc) is 3.31. The quantitative estimate of drug-likeness (QED) is 0.573. The minimum absolute atomic E-state index is 0.420. The van der Waals surface area contributed by atoms with E-state index >= 15 is 0 Å². The van der Waals surface area contributed by atoms with Crippen molar-refractivity contribution in [3.05, 3.63) is 59.2 Å². The number of hydrogen-bond donors (Lipinski definition) is 0. The van der Waals surface area contributed by atoms with Crippen LogP contribution in [0.5, 0.6) is 11.5 Å². The molecule has 3 aliphatic heterocycles. The van der Waals surface area contributed by atoms with Crippen LogP contribution in [0.25, 0.3) is 0 Å². The normalized spacial score (nSPS) is 23.9. The first-order valence-corrected chi connectivity index (χ1v) is 12.2. The second-order valence-corrected chi connectivity index (χ2v) is 9.37. The molecule has 2 atom stereocenters. The van der Waals surface area contributed by atoms with Gasteiger partial charge in [0.25, 0.3) is 0 Å². The van der Waals surface area contributed by atoms with Gasteiger partial charge in [0.15, 0.2) is 0 Å². The molecule has 5 rings (SSSR count). The highest BCUT2D eigenvalue weighted by atomic mass is 16.5. The molecule has 0 bridgehead atoms. The van der Waals surface area contributed by atoms with Gasteiger partial charge < -0.3 is 14.4 Å². The average molecular weight is 421 g/mol. The monoisotopic (exact) mass is 420 g/mol. The molecule has 0 saturated carbocycles. The number of fused-ring (bicyclic) bond motifs is 3. The number of hydrogen-bond acceptors (Lipinski definition) is 4. The summed E-state index contributed by atoms with van der Waals surface area (Å²) in [7, 11) is 1.73. The molecule has 0 radical (unpaired) electrons. The third-order valence-corrected chi connectivity index (χ3v) is 7.43. The van der Waals surface area contributed by atoms with Crippen LogP contribution in [0.1, 0.15) is 67.2 Å². The number of benzene rings is 2. The maximum Gasteiger partial charge on any atom is 0.119 e.